The number of aliphatic hydroxyl groups is 2. The van der Waals surface area contributed by atoms with Crippen LogP contribution in [0, 0.1) is 17.8 Å². The highest BCUT2D eigenvalue weighted by Crippen LogP contribution is 2.49. The van der Waals surface area contributed by atoms with E-state index in [-0.39, 0.29) is 25.1 Å². The van der Waals surface area contributed by atoms with E-state index in [1.807, 2.05) is 0 Å². The lowest BCUT2D eigenvalue weighted by Crippen LogP contribution is -2.39. The zero-order chi connectivity index (χ0) is 14.9. The summed E-state index contributed by atoms with van der Waals surface area (Å²) in [6, 6.07) is 0. The molecule has 1 aliphatic heterocycles. The summed E-state index contributed by atoms with van der Waals surface area (Å²) in [4.78, 5) is 14.9. The monoisotopic (exact) mass is 288 g/mol. The number of nitrogens with two attached hydrogens (primary N) is 1. The van der Waals surface area contributed by atoms with Gasteiger partial charge in [-0.05, 0) is 24.8 Å². The molecular formula is C13H18F2N2O3. The summed E-state index contributed by atoms with van der Waals surface area (Å²) >= 11 is 0. The number of carbonyl (C=O) groups is 1. The second kappa shape index (κ2) is 5.57. The van der Waals surface area contributed by atoms with Crippen LogP contribution in [0.2, 0.25) is 0 Å². The molecule has 112 valence electrons. The van der Waals surface area contributed by atoms with Crippen LogP contribution in [0.4, 0.5) is 8.78 Å². The van der Waals surface area contributed by atoms with Crippen LogP contribution in [0.25, 0.3) is 0 Å². The molecule has 0 aromatic heterocycles. The second-order valence-corrected chi connectivity index (χ2v) is 5.40. The topological polar surface area (TPSA) is 95.9 Å². The largest absolute Gasteiger partial charge is 0.396 e. The first-order chi connectivity index (χ1) is 9.36. The minimum Gasteiger partial charge on any atom is -0.396 e. The fraction of sp³-hybridized carbons (Fsp3) is 0.692. The first-order valence-corrected chi connectivity index (χ1v) is 6.58. The summed E-state index contributed by atoms with van der Waals surface area (Å²) in [6.45, 7) is -0.480. The number of aliphatic imine (C=N–C) groups is 1. The van der Waals surface area contributed by atoms with Gasteiger partial charge in [0.15, 0.2) is 0 Å². The normalized spacial score (nSPS) is 37.4. The van der Waals surface area contributed by atoms with E-state index in [0.29, 0.717) is 0 Å². The lowest BCUT2D eigenvalue weighted by Gasteiger charge is -2.27. The molecule has 1 saturated carbocycles. The van der Waals surface area contributed by atoms with E-state index in [1.54, 1.807) is 0 Å². The van der Waals surface area contributed by atoms with Gasteiger partial charge >= 0.3 is 0 Å². The molecule has 0 aromatic rings. The van der Waals surface area contributed by atoms with Crippen LogP contribution >= 0.6 is 0 Å². The quantitative estimate of drug-likeness (QED) is 0.688. The Hall–Kier alpha value is -1.34. The number of nitrogens with zero attached hydrogens (tertiary/aromatic N) is 1. The molecule has 1 aliphatic carbocycles. The Morgan fingerprint density at radius 1 is 1.50 bits per heavy atom. The molecule has 4 atom stereocenters. The highest BCUT2D eigenvalue weighted by Gasteiger charge is 2.58. The predicted octanol–water partition coefficient (Wildman–Crippen LogP) is 0.461. The maximum atomic E-state index is 14.1. The van der Waals surface area contributed by atoms with Crippen LogP contribution in [0.1, 0.15) is 19.3 Å². The van der Waals surface area contributed by atoms with Crippen LogP contribution in [0.3, 0.4) is 0 Å². The molecule has 1 amide bonds. The van der Waals surface area contributed by atoms with Gasteiger partial charge in [-0.3, -0.25) is 4.79 Å². The number of hydrogen-bond acceptors (Lipinski definition) is 4. The molecule has 1 fully saturated rings. The minimum absolute atomic E-state index is 0.000250. The highest BCUT2D eigenvalue weighted by molar-refractivity contribution is 6.00. The van der Waals surface area contributed by atoms with Crippen molar-refractivity contribution in [1.82, 2.24) is 0 Å². The summed E-state index contributed by atoms with van der Waals surface area (Å²) < 4.78 is 28.2. The maximum absolute atomic E-state index is 14.1. The van der Waals surface area contributed by atoms with Gasteiger partial charge in [0.05, 0.1) is 0 Å². The number of rotatable bonds is 2. The van der Waals surface area contributed by atoms with Gasteiger partial charge in [-0.25, -0.2) is 8.78 Å². The van der Waals surface area contributed by atoms with Crippen molar-refractivity contribution in [2.45, 2.75) is 31.3 Å². The molecule has 0 aromatic carbocycles. The fourth-order valence-electron chi connectivity index (χ4n) is 2.96. The Balaban J connectivity index is 2.22. The molecule has 0 bridgehead atoms. The Bertz CT molecular complexity index is 451. The van der Waals surface area contributed by atoms with Gasteiger partial charge in [0.2, 0.25) is 5.91 Å². The number of halogens is 2. The number of allylic oxidation sites excluding steroid dienone is 1. The Morgan fingerprint density at radius 3 is 2.80 bits per heavy atom. The van der Waals surface area contributed by atoms with Crippen molar-refractivity contribution in [3.8, 4) is 0 Å². The van der Waals surface area contributed by atoms with E-state index in [2.05, 4.69) is 4.99 Å². The van der Waals surface area contributed by atoms with Crippen molar-refractivity contribution < 1.29 is 23.8 Å². The molecular weight excluding hydrogens is 270 g/mol. The number of hydrogen-bond donors (Lipinski definition) is 3. The number of aliphatic hydroxyl groups excluding tert-OH is 2. The van der Waals surface area contributed by atoms with Gasteiger partial charge < -0.3 is 15.9 Å². The summed E-state index contributed by atoms with van der Waals surface area (Å²) in [7, 11) is 0. The Kier molecular flexibility index (Phi) is 4.19. The Labute approximate surface area is 115 Å². The van der Waals surface area contributed by atoms with Crippen molar-refractivity contribution in [1.29, 1.82) is 0 Å². The summed E-state index contributed by atoms with van der Waals surface area (Å²) in [5, 5.41) is 18.7. The van der Waals surface area contributed by atoms with E-state index >= 15 is 0 Å². The third-order valence-corrected chi connectivity index (χ3v) is 4.10. The number of amides is 1. The molecule has 20 heavy (non-hydrogen) atoms. The maximum Gasteiger partial charge on any atom is 0.277 e. The van der Waals surface area contributed by atoms with Gasteiger partial charge in [-0.1, -0.05) is 6.08 Å². The molecule has 0 saturated heterocycles. The van der Waals surface area contributed by atoms with Crippen molar-refractivity contribution >= 4 is 11.7 Å². The standard InChI is InChI=1S/C13H18F2N2O3/c14-13(15)9(5-8(6-18)12(13)20)7-1-3-10(16)17-11(19)4-2-7/h1,3,7-9,12,18,20H,2,4-6H2,(H2,16,17,19)/t7?,8-,9+,12?/m1/s1. The lowest BCUT2D eigenvalue weighted by atomic mass is 9.84. The summed E-state index contributed by atoms with van der Waals surface area (Å²) in [6.07, 6.45) is 1.33. The van der Waals surface area contributed by atoms with Crippen molar-refractivity contribution in [2.75, 3.05) is 6.61 Å². The van der Waals surface area contributed by atoms with Crippen molar-refractivity contribution in [3.05, 3.63) is 12.2 Å². The SMILES string of the molecule is NC1=NC(=O)CCC([C@@H]2C[C@H](CO)C(O)C2(F)F)C=C1. The van der Waals surface area contributed by atoms with E-state index in [1.165, 1.54) is 12.2 Å². The summed E-state index contributed by atoms with van der Waals surface area (Å²) in [5.41, 5.74) is 5.47. The number of alkyl halides is 2. The van der Waals surface area contributed by atoms with Gasteiger partial charge in [-0.15, -0.1) is 0 Å². The highest BCUT2D eigenvalue weighted by atomic mass is 19.3. The molecule has 2 aliphatic rings. The van der Waals surface area contributed by atoms with E-state index in [9.17, 15) is 18.7 Å². The van der Waals surface area contributed by atoms with E-state index < -0.39 is 42.3 Å². The Morgan fingerprint density at radius 2 is 2.20 bits per heavy atom. The van der Waals surface area contributed by atoms with Crippen LogP contribution < -0.4 is 5.73 Å². The number of amidine groups is 1. The first kappa shape index (κ1) is 15.1. The van der Waals surface area contributed by atoms with Gasteiger partial charge in [0.1, 0.15) is 11.9 Å². The summed E-state index contributed by atoms with van der Waals surface area (Å²) in [5.74, 6) is -6.23. The molecule has 4 N–H and O–H groups in total. The zero-order valence-electron chi connectivity index (χ0n) is 10.9. The minimum atomic E-state index is -3.28. The zero-order valence-corrected chi connectivity index (χ0v) is 10.9. The van der Waals surface area contributed by atoms with Gasteiger partial charge in [0, 0.05) is 24.9 Å². The third kappa shape index (κ3) is 2.73. The second-order valence-electron chi connectivity index (χ2n) is 5.40. The number of carbonyl (C=O) groups excluding carboxylic acids is 1. The average molecular weight is 288 g/mol. The smallest absolute Gasteiger partial charge is 0.277 e. The molecule has 0 radical (unpaired) electrons. The molecule has 1 heterocycles. The molecule has 2 rings (SSSR count). The molecule has 2 unspecified atom stereocenters. The van der Waals surface area contributed by atoms with E-state index in [4.69, 9.17) is 10.8 Å². The van der Waals surface area contributed by atoms with Crippen molar-refractivity contribution in [3.63, 3.8) is 0 Å². The first-order valence-electron chi connectivity index (χ1n) is 6.58. The van der Waals surface area contributed by atoms with Crippen LogP contribution in [-0.2, 0) is 4.79 Å². The van der Waals surface area contributed by atoms with Crippen molar-refractivity contribution in [2.24, 2.45) is 28.5 Å². The van der Waals surface area contributed by atoms with Crippen LogP contribution in [0.5, 0.6) is 0 Å². The predicted molar refractivity (Wildman–Crippen MR) is 68.1 cm³/mol. The lowest BCUT2D eigenvalue weighted by molar-refractivity contribution is -0.135. The molecule has 0 spiro atoms. The fourth-order valence-corrected chi connectivity index (χ4v) is 2.96. The van der Waals surface area contributed by atoms with Crippen LogP contribution in [-0.4, -0.2) is 40.6 Å². The molecule has 5 nitrogen and oxygen atoms in total. The van der Waals surface area contributed by atoms with Crippen LogP contribution in [0.15, 0.2) is 17.1 Å². The van der Waals surface area contributed by atoms with E-state index in [0.717, 1.165) is 0 Å². The van der Waals surface area contributed by atoms with Gasteiger partial charge in [-0.2, -0.15) is 4.99 Å². The molecule has 7 heteroatoms. The van der Waals surface area contributed by atoms with Gasteiger partial charge in [0.25, 0.3) is 5.92 Å². The average Bonchev–Trinajstić information content (AvgIpc) is 2.60. The third-order valence-electron chi connectivity index (χ3n) is 4.10.